The summed E-state index contributed by atoms with van der Waals surface area (Å²) in [6, 6.07) is 3.91. The summed E-state index contributed by atoms with van der Waals surface area (Å²) >= 11 is 4.21. The second kappa shape index (κ2) is 2.35. The molecule has 0 saturated heterocycles. The minimum atomic E-state index is 0.958. The molecule has 50 valence electrons. The van der Waals surface area contributed by atoms with Gasteiger partial charge in [0, 0.05) is 20.3 Å². The Balaban J connectivity index is 2.94. The maximum absolute atomic E-state index is 4.21. The first-order chi connectivity index (χ1) is 4.22. The van der Waals surface area contributed by atoms with Gasteiger partial charge in [0.25, 0.3) is 0 Å². The SMILES string of the molecule is CN(C)n1cccc1S. The average Bonchev–Trinajstić information content (AvgIpc) is 2.13. The van der Waals surface area contributed by atoms with Crippen LogP contribution in [-0.4, -0.2) is 18.8 Å². The molecule has 1 rings (SSSR count). The van der Waals surface area contributed by atoms with Crippen LogP contribution in [0.2, 0.25) is 0 Å². The molecule has 0 saturated carbocycles. The van der Waals surface area contributed by atoms with Crippen LogP contribution < -0.4 is 5.01 Å². The molecule has 9 heavy (non-hydrogen) atoms. The van der Waals surface area contributed by atoms with Crippen LogP contribution in [-0.2, 0) is 0 Å². The average molecular weight is 142 g/mol. The zero-order valence-corrected chi connectivity index (χ0v) is 6.47. The molecule has 0 aliphatic carbocycles. The van der Waals surface area contributed by atoms with Gasteiger partial charge in [0.1, 0.15) is 0 Å². The summed E-state index contributed by atoms with van der Waals surface area (Å²) < 4.78 is 1.95. The second-order valence-electron chi connectivity index (χ2n) is 2.06. The van der Waals surface area contributed by atoms with E-state index in [-0.39, 0.29) is 0 Å². The summed E-state index contributed by atoms with van der Waals surface area (Å²) in [5, 5.41) is 2.92. The van der Waals surface area contributed by atoms with E-state index in [4.69, 9.17) is 0 Å². The molecule has 0 aromatic carbocycles. The van der Waals surface area contributed by atoms with E-state index >= 15 is 0 Å². The Bertz CT molecular complexity index is 193. The van der Waals surface area contributed by atoms with E-state index < -0.39 is 0 Å². The molecule has 1 aromatic heterocycles. The predicted molar refractivity (Wildman–Crippen MR) is 41.7 cm³/mol. The Morgan fingerprint density at radius 1 is 1.56 bits per heavy atom. The number of thiol groups is 1. The van der Waals surface area contributed by atoms with E-state index in [2.05, 4.69) is 12.6 Å². The van der Waals surface area contributed by atoms with E-state index in [1.807, 2.05) is 42.1 Å². The molecule has 0 bridgehead atoms. The number of nitrogens with zero attached hydrogens (tertiary/aromatic N) is 2. The highest BCUT2D eigenvalue weighted by Gasteiger charge is 1.93. The van der Waals surface area contributed by atoms with Crippen molar-refractivity contribution in [1.29, 1.82) is 0 Å². The monoisotopic (exact) mass is 142 g/mol. The highest BCUT2D eigenvalue weighted by molar-refractivity contribution is 7.80. The van der Waals surface area contributed by atoms with Gasteiger partial charge in [0.05, 0.1) is 5.03 Å². The van der Waals surface area contributed by atoms with E-state index in [0.29, 0.717) is 0 Å². The van der Waals surface area contributed by atoms with E-state index in [9.17, 15) is 0 Å². The van der Waals surface area contributed by atoms with Crippen molar-refractivity contribution < 1.29 is 0 Å². The van der Waals surface area contributed by atoms with Crippen LogP contribution in [0.3, 0.4) is 0 Å². The van der Waals surface area contributed by atoms with Crippen LogP contribution in [0.5, 0.6) is 0 Å². The van der Waals surface area contributed by atoms with E-state index in [1.54, 1.807) is 0 Å². The van der Waals surface area contributed by atoms with Gasteiger partial charge in [0.2, 0.25) is 0 Å². The van der Waals surface area contributed by atoms with Gasteiger partial charge in [0.15, 0.2) is 0 Å². The zero-order chi connectivity index (χ0) is 6.85. The first kappa shape index (κ1) is 6.55. The van der Waals surface area contributed by atoms with Crippen molar-refractivity contribution in [3.8, 4) is 0 Å². The maximum Gasteiger partial charge on any atom is 0.0921 e. The number of hydrogen-bond acceptors (Lipinski definition) is 2. The van der Waals surface area contributed by atoms with Crippen LogP contribution in [0.1, 0.15) is 0 Å². The summed E-state index contributed by atoms with van der Waals surface area (Å²) in [5.41, 5.74) is 0. The summed E-state index contributed by atoms with van der Waals surface area (Å²) in [5.74, 6) is 0. The fourth-order valence-corrected chi connectivity index (χ4v) is 1.03. The lowest BCUT2D eigenvalue weighted by Gasteiger charge is -2.15. The minimum Gasteiger partial charge on any atom is -0.318 e. The highest BCUT2D eigenvalue weighted by atomic mass is 32.1. The number of rotatable bonds is 1. The Morgan fingerprint density at radius 3 is 2.44 bits per heavy atom. The van der Waals surface area contributed by atoms with Crippen molar-refractivity contribution in [1.82, 2.24) is 4.68 Å². The van der Waals surface area contributed by atoms with Crippen LogP contribution >= 0.6 is 12.6 Å². The third-order valence-electron chi connectivity index (χ3n) is 1.14. The molecule has 0 aliphatic rings. The highest BCUT2D eigenvalue weighted by Crippen LogP contribution is 2.04. The molecule has 0 spiro atoms. The first-order valence-corrected chi connectivity index (χ1v) is 3.20. The quantitative estimate of drug-likeness (QED) is 0.574. The molecular weight excluding hydrogens is 132 g/mol. The third kappa shape index (κ3) is 1.21. The van der Waals surface area contributed by atoms with Gasteiger partial charge in [-0.25, -0.2) is 0 Å². The molecule has 0 amide bonds. The third-order valence-corrected chi connectivity index (χ3v) is 1.49. The molecule has 0 unspecified atom stereocenters. The number of hydrogen-bond donors (Lipinski definition) is 1. The molecule has 0 fully saturated rings. The van der Waals surface area contributed by atoms with Crippen molar-refractivity contribution in [3.63, 3.8) is 0 Å². The van der Waals surface area contributed by atoms with Gasteiger partial charge in [-0.3, -0.25) is 4.68 Å². The molecule has 0 aliphatic heterocycles. The Labute approximate surface area is 60.5 Å². The molecule has 1 heterocycles. The largest absolute Gasteiger partial charge is 0.318 e. The van der Waals surface area contributed by atoms with Crippen LogP contribution in [0.15, 0.2) is 23.4 Å². The van der Waals surface area contributed by atoms with Gasteiger partial charge in [-0.1, -0.05) is 0 Å². The molecular formula is C6H10N2S. The normalized spacial score (nSPS) is 9.67. The predicted octanol–water partition coefficient (Wildman–Crippen LogP) is 0.974. The van der Waals surface area contributed by atoms with E-state index in [0.717, 1.165) is 5.03 Å². The topological polar surface area (TPSA) is 8.17 Å². The standard InChI is InChI=1S/C6H10N2S/c1-7(2)8-5-3-4-6(8)9/h3-5,9H,1-2H3. The van der Waals surface area contributed by atoms with Crippen molar-refractivity contribution in [3.05, 3.63) is 18.3 Å². The fraction of sp³-hybridized carbons (Fsp3) is 0.333. The molecule has 0 atom stereocenters. The summed E-state index contributed by atoms with van der Waals surface area (Å²) in [4.78, 5) is 0. The lowest BCUT2D eigenvalue weighted by molar-refractivity contribution is 0.680. The fourth-order valence-electron chi connectivity index (χ4n) is 0.702. The molecule has 2 nitrogen and oxygen atoms in total. The minimum absolute atomic E-state index is 0.958. The first-order valence-electron chi connectivity index (χ1n) is 2.76. The second-order valence-corrected chi connectivity index (χ2v) is 2.52. The van der Waals surface area contributed by atoms with Gasteiger partial charge >= 0.3 is 0 Å². The molecule has 0 N–H and O–H groups in total. The lowest BCUT2D eigenvalue weighted by Crippen LogP contribution is -2.23. The van der Waals surface area contributed by atoms with Gasteiger partial charge in [-0.2, -0.15) is 0 Å². The summed E-state index contributed by atoms with van der Waals surface area (Å²) in [6.45, 7) is 0. The van der Waals surface area contributed by atoms with E-state index in [1.165, 1.54) is 0 Å². The van der Waals surface area contributed by atoms with Gasteiger partial charge in [-0.05, 0) is 12.1 Å². The van der Waals surface area contributed by atoms with Crippen molar-refractivity contribution >= 4 is 12.6 Å². The van der Waals surface area contributed by atoms with Crippen LogP contribution in [0, 0.1) is 0 Å². The Kier molecular flexibility index (Phi) is 1.71. The van der Waals surface area contributed by atoms with Crippen LogP contribution in [0.4, 0.5) is 0 Å². The molecule has 0 radical (unpaired) electrons. The Morgan fingerprint density at radius 2 is 2.22 bits per heavy atom. The van der Waals surface area contributed by atoms with Crippen molar-refractivity contribution in [2.45, 2.75) is 5.03 Å². The lowest BCUT2D eigenvalue weighted by atomic mass is 10.7. The smallest absolute Gasteiger partial charge is 0.0921 e. The zero-order valence-electron chi connectivity index (χ0n) is 5.57. The number of aromatic nitrogens is 1. The maximum atomic E-state index is 4.21. The van der Waals surface area contributed by atoms with Gasteiger partial charge in [-0.15, -0.1) is 12.6 Å². The van der Waals surface area contributed by atoms with Gasteiger partial charge < -0.3 is 5.01 Å². The molecule has 1 aromatic rings. The van der Waals surface area contributed by atoms with Crippen molar-refractivity contribution in [2.24, 2.45) is 0 Å². The summed E-state index contributed by atoms with van der Waals surface area (Å²) in [6.07, 6.45) is 1.96. The summed E-state index contributed by atoms with van der Waals surface area (Å²) in [7, 11) is 3.94. The van der Waals surface area contributed by atoms with Crippen LogP contribution in [0.25, 0.3) is 0 Å². The Hall–Kier alpha value is -0.570. The van der Waals surface area contributed by atoms with Crippen molar-refractivity contribution in [2.75, 3.05) is 19.1 Å². The molecule has 3 heteroatoms.